The molecule has 1 amide bonds. The van der Waals surface area contributed by atoms with Crippen molar-refractivity contribution in [2.45, 2.75) is 4.90 Å². The van der Waals surface area contributed by atoms with Gasteiger partial charge in [0.2, 0.25) is 5.13 Å². The van der Waals surface area contributed by atoms with Crippen molar-refractivity contribution >= 4 is 32.6 Å². The van der Waals surface area contributed by atoms with Gasteiger partial charge in [-0.1, -0.05) is 42.5 Å². The van der Waals surface area contributed by atoms with E-state index in [4.69, 9.17) is 4.74 Å². The van der Waals surface area contributed by atoms with Crippen LogP contribution >= 0.6 is 11.5 Å². The molecule has 3 aromatic carbocycles. The maximum absolute atomic E-state index is 12.9. The summed E-state index contributed by atoms with van der Waals surface area (Å²) < 4.78 is 37.7. The molecule has 4 aromatic rings. The van der Waals surface area contributed by atoms with Crippen LogP contribution in [0.4, 0.5) is 5.13 Å². The lowest BCUT2D eigenvalue weighted by atomic mass is 10.0. The summed E-state index contributed by atoms with van der Waals surface area (Å²) in [5.41, 5.74) is 1.75. The zero-order chi connectivity index (χ0) is 25.0. The molecular formula is C24H19N5O4S2. The molecule has 0 aliphatic carbocycles. The van der Waals surface area contributed by atoms with Crippen LogP contribution in [0.3, 0.4) is 0 Å². The standard InChI is InChI=1S/C24H19N5O4S2/c1-29(2)23(30)20-10-6-9-19(16-7-4-3-5-8-16)22(20)33-21-12-11-18(13-17(21)14-25)35(31,32)28-24-26-15-27-34-24/h3-13,15H,1-2H3,(H,26,27,28). The minimum atomic E-state index is -4.00. The molecule has 1 heterocycles. The van der Waals surface area contributed by atoms with Gasteiger partial charge in [0, 0.05) is 31.2 Å². The van der Waals surface area contributed by atoms with E-state index in [1.807, 2.05) is 42.5 Å². The number of nitriles is 1. The van der Waals surface area contributed by atoms with Crippen LogP contribution in [-0.2, 0) is 10.0 Å². The molecular weight excluding hydrogens is 486 g/mol. The van der Waals surface area contributed by atoms with Crippen LogP contribution in [0, 0.1) is 11.3 Å². The van der Waals surface area contributed by atoms with E-state index in [1.165, 1.54) is 29.4 Å². The number of para-hydroxylation sites is 1. The fourth-order valence-corrected chi connectivity index (χ4v) is 4.94. The monoisotopic (exact) mass is 505 g/mol. The van der Waals surface area contributed by atoms with Crippen molar-refractivity contribution in [3.63, 3.8) is 0 Å². The van der Waals surface area contributed by atoms with Crippen molar-refractivity contribution in [3.8, 4) is 28.7 Å². The van der Waals surface area contributed by atoms with Crippen LogP contribution in [-0.4, -0.2) is 42.7 Å². The molecule has 0 fully saturated rings. The van der Waals surface area contributed by atoms with Gasteiger partial charge in [-0.05, 0) is 29.8 Å². The molecule has 0 atom stereocenters. The van der Waals surface area contributed by atoms with Crippen molar-refractivity contribution in [1.82, 2.24) is 14.3 Å². The van der Waals surface area contributed by atoms with Gasteiger partial charge >= 0.3 is 0 Å². The number of rotatable bonds is 7. The molecule has 0 saturated carbocycles. The largest absolute Gasteiger partial charge is 0.454 e. The minimum Gasteiger partial charge on any atom is -0.454 e. The van der Waals surface area contributed by atoms with Crippen molar-refractivity contribution in [2.24, 2.45) is 0 Å². The Morgan fingerprint density at radius 1 is 1.09 bits per heavy atom. The number of benzene rings is 3. The summed E-state index contributed by atoms with van der Waals surface area (Å²) in [7, 11) is -0.736. The highest BCUT2D eigenvalue weighted by Gasteiger charge is 2.22. The predicted octanol–water partition coefficient (Wildman–Crippen LogP) is 4.37. The lowest BCUT2D eigenvalue weighted by Crippen LogP contribution is -2.22. The van der Waals surface area contributed by atoms with Crippen LogP contribution < -0.4 is 9.46 Å². The number of anilines is 1. The molecule has 1 aromatic heterocycles. The Labute approximate surface area is 206 Å². The molecule has 0 bridgehead atoms. The molecule has 35 heavy (non-hydrogen) atoms. The molecule has 0 aliphatic heterocycles. The third kappa shape index (κ3) is 5.13. The number of aromatic nitrogens is 2. The van der Waals surface area contributed by atoms with Crippen molar-refractivity contribution in [2.75, 3.05) is 18.8 Å². The summed E-state index contributed by atoms with van der Waals surface area (Å²) in [5, 5.41) is 9.86. The van der Waals surface area contributed by atoms with Crippen molar-refractivity contribution in [1.29, 1.82) is 5.26 Å². The average Bonchev–Trinajstić information content (AvgIpc) is 3.36. The maximum Gasteiger partial charge on any atom is 0.263 e. The number of sulfonamides is 1. The third-order valence-electron chi connectivity index (χ3n) is 4.91. The SMILES string of the molecule is CN(C)C(=O)c1cccc(-c2ccccc2)c1Oc1ccc(S(=O)(=O)Nc2ncns2)cc1C#N. The summed E-state index contributed by atoms with van der Waals surface area (Å²) in [5.74, 6) is 0.0896. The molecule has 9 nitrogen and oxygen atoms in total. The first-order valence-electron chi connectivity index (χ1n) is 10.2. The van der Waals surface area contributed by atoms with Crippen LogP contribution in [0.2, 0.25) is 0 Å². The van der Waals surface area contributed by atoms with E-state index in [1.54, 1.807) is 26.2 Å². The Morgan fingerprint density at radius 3 is 2.51 bits per heavy atom. The second kappa shape index (κ2) is 9.92. The molecule has 0 radical (unpaired) electrons. The first kappa shape index (κ1) is 23.9. The van der Waals surface area contributed by atoms with Crippen molar-refractivity contribution in [3.05, 3.63) is 84.2 Å². The zero-order valence-electron chi connectivity index (χ0n) is 18.7. The number of hydrogen-bond donors (Lipinski definition) is 1. The Morgan fingerprint density at radius 2 is 1.86 bits per heavy atom. The van der Waals surface area contributed by atoms with Gasteiger partial charge in [-0.25, -0.2) is 13.4 Å². The highest BCUT2D eigenvalue weighted by Crippen LogP contribution is 2.38. The topological polar surface area (TPSA) is 125 Å². The minimum absolute atomic E-state index is 0.0174. The first-order valence-corrected chi connectivity index (χ1v) is 12.5. The number of amides is 1. The summed E-state index contributed by atoms with van der Waals surface area (Å²) in [6.45, 7) is 0. The second-order valence-corrected chi connectivity index (χ2v) is 9.93. The Bertz CT molecular complexity index is 1510. The summed E-state index contributed by atoms with van der Waals surface area (Å²) in [6.07, 6.45) is 1.23. The number of hydrogen-bond acceptors (Lipinski definition) is 8. The number of carbonyl (C=O) groups excluding carboxylic acids is 1. The molecule has 0 aliphatic rings. The number of nitrogens with one attached hydrogen (secondary N) is 1. The van der Waals surface area contributed by atoms with E-state index in [0.717, 1.165) is 17.1 Å². The van der Waals surface area contributed by atoms with E-state index in [2.05, 4.69) is 14.1 Å². The Kier molecular flexibility index (Phi) is 6.77. The molecule has 11 heteroatoms. The Balaban J connectivity index is 1.78. The van der Waals surface area contributed by atoms with E-state index >= 15 is 0 Å². The number of carbonyl (C=O) groups is 1. The highest BCUT2D eigenvalue weighted by molar-refractivity contribution is 7.93. The number of nitrogens with zero attached hydrogens (tertiary/aromatic N) is 4. The molecule has 1 N–H and O–H groups in total. The van der Waals surface area contributed by atoms with Gasteiger partial charge in [-0.3, -0.25) is 9.52 Å². The summed E-state index contributed by atoms with van der Waals surface area (Å²) >= 11 is 0.888. The van der Waals surface area contributed by atoms with Crippen LogP contribution in [0.1, 0.15) is 15.9 Å². The van der Waals surface area contributed by atoms with Gasteiger partial charge in [-0.2, -0.15) is 9.64 Å². The van der Waals surface area contributed by atoms with Gasteiger partial charge in [0.15, 0.2) is 0 Å². The Hall–Kier alpha value is -4.27. The maximum atomic E-state index is 12.9. The molecule has 0 spiro atoms. The van der Waals surface area contributed by atoms with Gasteiger partial charge in [0.05, 0.1) is 16.0 Å². The second-order valence-electron chi connectivity index (χ2n) is 7.47. The van der Waals surface area contributed by atoms with Gasteiger partial charge < -0.3 is 9.64 Å². The van der Waals surface area contributed by atoms with Gasteiger partial charge in [0.1, 0.15) is 23.9 Å². The fourth-order valence-electron chi connectivity index (χ4n) is 3.26. The van der Waals surface area contributed by atoms with Crippen LogP contribution in [0.5, 0.6) is 11.5 Å². The van der Waals surface area contributed by atoms with Gasteiger partial charge in [0.25, 0.3) is 15.9 Å². The van der Waals surface area contributed by atoms with E-state index < -0.39 is 10.0 Å². The molecule has 0 saturated heterocycles. The molecule has 176 valence electrons. The fraction of sp³-hybridized carbons (Fsp3) is 0.0833. The lowest BCUT2D eigenvalue weighted by molar-refractivity contribution is 0.0825. The number of ether oxygens (including phenoxy) is 1. The first-order chi connectivity index (χ1) is 16.8. The zero-order valence-corrected chi connectivity index (χ0v) is 20.3. The smallest absolute Gasteiger partial charge is 0.263 e. The summed E-state index contributed by atoms with van der Waals surface area (Å²) in [4.78, 5) is 18.0. The van der Waals surface area contributed by atoms with Crippen LogP contribution in [0.15, 0.2) is 78.0 Å². The third-order valence-corrected chi connectivity index (χ3v) is 6.96. The van der Waals surface area contributed by atoms with Crippen molar-refractivity contribution < 1.29 is 17.9 Å². The molecule has 4 rings (SSSR count). The van der Waals surface area contributed by atoms with E-state index in [0.29, 0.717) is 11.1 Å². The van der Waals surface area contributed by atoms with E-state index in [-0.39, 0.29) is 33.0 Å². The average molecular weight is 506 g/mol. The highest BCUT2D eigenvalue weighted by atomic mass is 32.2. The summed E-state index contributed by atoms with van der Waals surface area (Å²) in [6, 6.07) is 20.5. The normalized spacial score (nSPS) is 10.9. The lowest BCUT2D eigenvalue weighted by Gasteiger charge is -2.19. The van der Waals surface area contributed by atoms with Crippen LogP contribution in [0.25, 0.3) is 11.1 Å². The van der Waals surface area contributed by atoms with E-state index in [9.17, 15) is 18.5 Å². The quantitative estimate of drug-likeness (QED) is 0.395. The molecule has 0 unspecified atom stereocenters. The van der Waals surface area contributed by atoms with Gasteiger partial charge in [-0.15, -0.1) is 0 Å². The predicted molar refractivity (Wildman–Crippen MR) is 132 cm³/mol.